The summed E-state index contributed by atoms with van der Waals surface area (Å²) in [5, 5.41) is 2.62. The summed E-state index contributed by atoms with van der Waals surface area (Å²) in [6.07, 6.45) is 17.7. The minimum Gasteiger partial charge on any atom is -0.461 e. The number of carbonyl (C=O) groups is 3. The summed E-state index contributed by atoms with van der Waals surface area (Å²) in [4.78, 5) is 36.0. The molecule has 0 bridgehead atoms. The molecule has 210 valence electrons. The fourth-order valence-electron chi connectivity index (χ4n) is 5.01. The molecule has 5 atom stereocenters. The predicted molar refractivity (Wildman–Crippen MR) is 145 cm³/mol. The molecule has 0 aliphatic carbocycles. The Morgan fingerprint density at radius 3 is 2.03 bits per heavy atom. The summed E-state index contributed by atoms with van der Waals surface area (Å²) in [7, 11) is 0. The lowest BCUT2D eigenvalue weighted by Gasteiger charge is -2.38. The van der Waals surface area contributed by atoms with E-state index in [1.54, 1.807) is 0 Å². The Labute approximate surface area is 221 Å². The van der Waals surface area contributed by atoms with E-state index in [9.17, 15) is 14.4 Å². The third kappa shape index (κ3) is 13.6. The molecule has 1 amide bonds. The lowest BCUT2D eigenvalue weighted by atomic mass is 9.83. The number of ether oxygens (including phenoxy) is 2. The summed E-state index contributed by atoms with van der Waals surface area (Å²) in [6, 6.07) is -0.637. The summed E-state index contributed by atoms with van der Waals surface area (Å²) in [6.45, 7) is 10.6. The zero-order chi connectivity index (χ0) is 26.8. The lowest BCUT2D eigenvalue weighted by Crippen LogP contribution is -2.48. The molecule has 0 spiro atoms. The van der Waals surface area contributed by atoms with Gasteiger partial charge >= 0.3 is 11.9 Å². The number of nitrogens with one attached hydrogen (secondary N) is 1. The maximum Gasteiger partial charge on any atom is 0.328 e. The van der Waals surface area contributed by atoms with Gasteiger partial charge in [0, 0.05) is 6.42 Å². The minimum atomic E-state index is -0.637. The van der Waals surface area contributed by atoms with Crippen molar-refractivity contribution in [2.24, 2.45) is 17.8 Å². The van der Waals surface area contributed by atoms with E-state index in [4.69, 9.17) is 9.47 Å². The van der Waals surface area contributed by atoms with Crippen LogP contribution >= 0.6 is 0 Å². The van der Waals surface area contributed by atoms with Crippen molar-refractivity contribution in [1.29, 1.82) is 0 Å². The topological polar surface area (TPSA) is 81.7 Å². The van der Waals surface area contributed by atoms with Gasteiger partial charge in [0.05, 0.1) is 5.92 Å². The van der Waals surface area contributed by atoms with Gasteiger partial charge < -0.3 is 14.8 Å². The van der Waals surface area contributed by atoms with Gasteiger partial charge in [-0.2, -0.15) is 0 Å². The summed E-state index contributed by atoms with van der Waals surface area (Å²) < 4.78 is 11.4. The molecule has 6 nitrogen and oxygen atoms in total. The van der Waals surface area contributed by atoms with Gasteiger partial charge in [-0.25, -0.2) is 4.79 Å². The molecule has 36 heavy (non-hydrogen) atoms. The second-order valence-electron chi connectivity index (χ2n) is 11.4. The van der Waals surface area contributed by atoms with Crippen LogP contribution in [0.3, 0.4) is 0 Å². The average Bonchev–Trinajstić information content (AvgIpc) is 2.84. The van der Waals surface area contributed by atoms with Crippen LogP contribution in [0, 0.1) is 17.8 Å². The molecule has 0 aromatic carbocycles. The van der Waals surface area contributed by atoms with Gasteiger partial charge in [-0.3, -0.25) is 9.59 Å². The third-order valence-electron chi connectivity index (χ3n) is 7.54. The van der Waals surface area contributed by atoms with Crippen LogP contribution in [0.5, 0.6) is 0 Å². The van der Waals surface area contributed by atoms with Gasteiger partial charge in [0.25, 0.3) is 0 Å². The molecule has 1 aliphatic rings. The highest BCUT2D eigenvalue weighted by molar-refractivity contribution is 5.79. The number of amides is 1. The lowest BCUT2D eigenvalue weighted by molar-refractivity contribution is -0.191. The molecule has 1 rings (SSSR count). The van der Waals surface area contributed by atoms with Crippen LogP contribution in [0.1, 0.15) is 137 Å². The van der Waals surface area contributed by atoms with E-state index in [2.05, 4.69) is 26.1 Å². The van der Waals surface area contributed by atoms with Crippen LogP contribution in [-0.2, 0) is 23.9 Å². The van der Waals surface area contributed by atoms with Crippen LogP contribution in [0.25, 0.3) is 0 Å². The number of unbranched alkanes of at least 4 members (excludes halogenated alkanes) is 10. The summed E-state index contributed by atoms with van der Waals surface area (Å²) in [5.41, 5.74) is 0. The molecule has 6 heteroatoms. The molecule has 0 aromatic heterocycles. The van der Waals surface area contributed by atoms with Crippen LogP contribution in [0.4, 0.5) is 0 Å². The number of carbonyl (C=O) groups excluding carboxylic acids is 3. The van der Waals surface area contributed by atoms with Gasteiger partial charge in [-0.15, -0.1) is 0 Å². The Morgan fingerprint density at radius 1 is 0.944 bits per heavy atom. The van der Waals surface area contributed by atoms with Crippen LogP contribution < -0.4 is 5.32 Å². The van der Waals surface area contributed by atoms with Gasteiger partial charge in [-0.05, 0) is 37.5 Å². The molecular weight excluding hydrogens is 454 g/mol. The van der Waals surface area contributed by atoms with E-state index in [-0.39, 0.29) is 36.0 Å². The first-order chi connectivity index (χ1) is 17.3. The fourth-order valence-corrected chi connectivity index (χ4v) is 5.01. The minimum absolute atomic E-state index is 0.0990. The molecule has 1 saturated heterocycles. The first kappa shape index (κ1) is 32.4. The fraction of sp³-hybridized carbons (Fsp3) is 0.900. The van der Waals surface area contributed by atoms with E-state index < -0.39 is 6.04 Å². The molecule has 1 heterocycles. The van der Waals surface area contributed by atoms with Crippen molar-refractivity contribution in [3.63, 3.8) is 0 Å². The first-order valence-corrected chi connectivity index (χ1v) is 14.9. The van der Waals surface area contributed by atoms with E-state index in [0.29, 0.717) is 25.2 Å². The smallest absolute Gasteiger partial charge is 0.328 e. The van der Waals surface area contributed by atoms with Gasteiger partial charge in [0.15, 0.2) is 0 Å². The van der Waals surface area contributed by atoms with Crippen molar-refractivity contribution in [1.82, 2.24) is 5.32 Å². The maximum absolute atomic E-state index is 12.9. The highest BCUT2D eigenvalue weighted by Gasteiger charge is 2.44. The van der Waals surface area contributed by atoms with E-state index in [0.717, 1.165) is 32.1 Å². The van der Waals surface area contributed by atoms with Crippen LogP contribution in [0.15, 0.2) is 0 Å². The highest BCUT2D eigenvalue weighted by atomic mass is 16.6. The van der Waals surface area contributed by atoms with Crippen LogP contribution in [-0.4, -0.2) is 36.6 Å². The van der Waals surface area contributed by atoms with Crippen molar-refractivity contribution in [3.8, 4) is 0 Å². The van der Waals surface area contributed by atoms with Crippen molar-refractivity contribution < 1.29 is 23.9 Å². The molecule has 1 N–H and O–H groups in total. The molecular formula is C30H55NO5. The number of hydrogen-bond acceptors (Lipinski definition) is 5. The monoisotopic (exact) mass is 509 g/mol. The van der Waals surface area contributed by atoms with Crippen molar-refractivity contribution in [2.45, 2.75) is 156 Å². The standard InChI is InChI=1S/C30H55NO5/c1-6-8-9-10-11-12-13-14-15-16-17-18-25(35-30(34)27(31-22-32)19-23(3)4)21-28-26(29(33)36-28)20-24(5)7-2/h22-28H,6-21H2,1-5H3,(H,31,32)/t24-,25-,26-,27-,28-/m0/s1. The Bertz CT molecular complexity index is 608. The van der Waals surface area contributed by atoms with Gasteiger partial charge in [-0.1, -0.05) is 105 Å². The SMILES string of the molecule is CCCCCCCCCCCCC[C@@H](C[C@@H]1OC(=O)[C@H]1C[C@@H](C)CC)OC(=O)[C@H](CC(C)C)NC=O. The molecule has 0 aromatic rings. The molecule has 1 aliphatic heterocycles. The zero-order valence-corrected chi connectivity index (χ0v) is 23.9. The normalized spacial score (nSPS) is 19.8. The average molecular weight is 510 g/mol. The van der Waals surface area contributed by atoms with Crippen molar-refractivity contribution >= 4 is 18.3 Å². The number of cyclic esters (lactones) is 1. The molecule has 0 unspecified atom stereocenters. The molecule has 1 fully saturated rings. The van der Waals surface area contributed by atoms with Crippen molar-refractivity contribution in [2.75, 3.05) is 0 Å². The summed E-state index contributed by atoms with van der Waals surface area (Å²) >= 11 is 0. The first-order valence-electron chi connectivity index (χ1n) is 14.9. The predicted octanol–water partition coefficient (Wildman–Crippen LogP) is 7.13. The van der Waals surface area contributed by atoms with E-state index in [1.807, 2.05) is 13.8 Å². The van der Waals surface area contributed by atoms with Gasteiger partial charge in [0.1, 0.15) is 18.2 Å². The number of rotatable bonds is 23. The Kier molecular flexibility index (Phi) is 17.6. The Morgan fingerprint density at radius 2 is 1.53 bits per heavy atom. The second kappa shape index (κ2) is 19.5. The van der Waals surface area contributed by atoms with E-state index in [1.165, 1.54) is 57.8 Å². The Balaban J connectivity index is 2.54. The molecule has 0 radical (unpaired) electrons. The zero-order valence-electron chi connectivity index (χ0n) is 23.9. The summed E-state index contributed by atoms with van der Waals surface area (Å²) in [5.74, 6) is 0.115. The van der Waals surface area contributed by atoms with Gasteiger partial charge in [0.2, 0.25) is 6.41 Å². The largest absolute Gasteiger partial charge is 0.461 e. The second-order valence-corrected chi connectivity index (χ2v) is 11.4. The van der Waals surface area contributed by atoms with E-state index >= 15 is 0 Å². The highest BCUT2D eigenvalue weighted by Crippen LogP contribution is 2.34. The molecule has 0 saturated carbocycles. The number of esters is 2. The number of hydrogen-bond donors (Lipinski definition) is 1. The van der Waals surface area contributed by atoms with Crippen molar-refractivity contribution in [3.05, 3.63) is 0 Å². The Hall–Kier alpha value is -1.59. The maximum atomic E-state index is 12.9. The van der Waals surface area contributed by atoms with Crippen LogP contribution in [0.2, 0.25) is 0 Å². The quantitative estimate of drug-likeness (QED) is 0.0900. The third-order valence-corrected chi connectivity index (χ3v) is 7.54.